The van der Waals surface area contributed by atoms with Crippen LogP contribution < -0.4 is 0 Å². The molecular formula is C10H6ClNO2Se. The van der Waals surface area contributed by atoms with Gasteiger partial charge in [-0.25, -0.2) is 0 Å². The third-order valence-electron chi connectivity index (χ3n) is 1.79. The summed E-state index contributed by atoms with van der Waals surface area (Å²) < 4.78 is 0.808. The Kier molecular flexibility index (Phi) is 2.91. The molecule has 0 saturated carbocycles. The molecule has 2 aromatic rings. The van der Waals surface area contributed by atoms with E-state index in [9.17, 15) is 4.79 Å². The Morgan fingerprint density at radius 3 is 2.87 bits per heavy atom. The zero-order chi connectivity index (χ0) is 10.8. The average molecular weight is 287 g/mol. The molecular weight excluding hydrogens is 281 g/mol. The number of hydrogen-bond acceptors (Lipinski definition) is 2. The quantitative estimate of drug-likeness (QED) is 0.861. The van der Waals surface area contributed by atoms with E-state index in [2.05, 4.69) is 4.98 Å². The number of rotatable bonds is 2. The standard InChI is InChI=1S/C10H6ClNO2Se/c11-7-3-1-2-6(4-7)9-12-8(5-15-9)10(13)14/h1-5H,(H,13,14). The van der Waals surface area contributed by atoms with Crippen LogP contribution in [0.15, 0.2) is 29.2 Å². The minimum atomic E-state index is -0.978. The van der Waals surface area contributed by atoms with Gasteiger partial charge in [-0.2, -0.15) is 0 Å². The van der Waals surface area contributed by atoms with Crippen molar-refractivity contribution >= 4 is 32.1 Å². The van der Waals surface area contributed by atoms with Crippen LogP contribution in [0.3, 0.4) is 0 Å². The summed E-state index contributed by atoms with van der Waals surface area (Å²) in [4.78, 5) is 16.4. The van der Waals surface area contributed by atoms with Gasteiger partial charge in [0.2, 0.25) is 0 Å². The molecule has 0 bridgehead atoms. The van der Waals surface area contributed by atoms with Gasteiger partial charge in [0.25, 0.3) is 0 Å². The second kappa shape index (κ2) is 4.19. The molecule has 0 saturated heterocycles. The third kappa shape index (κ3) is 2.29. The fourth-order valence-electron chi connectivity index (χ4n) is 1.13. The first-order valence-electron chi connectivity index (χ1n) is 4.11. The molecule has 0 spiro atoms. The van der Waals surface area contributed by atoms with Crippen molar-refractivity contribution in [1.29, 1.82) is 0 Å². The summed E-state index contributed by atoms with van der Waals surface area (Å²) in [6.07, 6.45) is 0. The SMILES string of the molecule is O=C(O)c1c[se]c(-c2cccc(Cl)c2)n1. The minimum absolute atomic E-state index is 0.0155. The van der Waals surface area contributed by atoms with Crippen LogP contribution in [-0.4, -0.2) is 30.6 Å². The summed E-state index contributed by atoms with van der Waals surface area (Å²) in [5, 5.41) is 9.38. The number of carboxylic acid groups (broad SMARTS) is 1. The Balaban J connectivity index is 2.41. The maximum atomic E-state index is 10.7. The van der Waals surface area contributed by atoms with E-state index in [0.717, 1.165) is 10.1 Å². The van der Waals surface area contributed by atoms with Gasteiger partial charge in [-0.1, -0.05) is 0 Å². The molecule has 0 aliphatic heterocycles. The van der Waals surface area contributed by atoms with Gasteiger partial charge in [-0.05, 0) is 0 Å². The topological polar surface area (TPSA) is 50.2 Å². The van der Waals surface area contributed by atoms with Gasteiger partial charge in [0, 0.05) is 0 Å². The number of benzene rings is 1. The van der Waals surface area contributed by atoms with Crippen molar-refractivity contribution in [2.24, 2.45) is 0 Å². The first kappa shape index (κ1) is 10.4. The summed E-state index contributed by atoms with van der Waals surface area (Å²) in [5.41, 5.74) is 1.03. The number of hydrogen-bond donors (Lipinski definition) is 1. The van der Waals surface area contributed by atoms with Crippen LogP contribution in [0.1, 0.15) is 10.5 Å². The van der Waals surface area contributed by atoms with Gasteiger partial charge in [-0.3, -0.25) is 0 Å². The second-order valence-electron chi connectivity index (χ2n) is 2.85. The zero-order valence-corrected chi connectivity index (χ0v) is 9.94. The number of carboxylic acids is 1. The van der Waals surface area contributed by atoms with Crippen molar-refractivity contribution in [3.05, 3.63) is 39.9 Å². The molecule has 0 aliphatic carbocycles. The van der Waals surface area contributed by atoms with Crippen LogP contribution >= 0.6 is 11.6 Å². The maximum absolute atomic E-state index is 10.7. The molecule has 1 aromatic carbocycles. The van der Waals surface area contributed by atoms with Crippen molar-refractivity contribution in [3.63, 3.8) is 0 Å². The van der Waals surface area contributed by atoms with Crippen LogP contribution in [0.2, 0.25) is 5.02 Å². The molecule has 2 rings (SSSR count). The van der Waals surface area contributed by atoms with Crippen LogP contribution in [0.4, 0.5) is 0 Å². The molecule has 5 heteroatoms. The van der Waals surface area contributed by atoms with E-state index in [1.54, 1.807) is 17.1 Å². The van der Waals surface area contributed by atoms with Crippen molar-refractivity contribution < 1.29 is 9.90 Å². The molecule has 1 aromatic heterocycles. The molecule has 1 N–H and O–H groups in total. The van der Waals surface area contributed by atoms with Crippen molar-refractivity contribution in [2.45, 2.75) is 0 Å². The molecule has 0 aliphatic rings. The molecule has 0 radical (unpaired) electrons. The van der Waals surface area contributed by atoms with Crippen molar-refractivity contribution in [2.75, 3.05) is 0 Å². The van der Waals surface area contributed by atoms with Crippen molar-refractivity contribution in [1.82, 2.24) is 4.98 Å². The Labute approximate surface area is 97.1 Å². The van der Waals surface area contributed by atoms with Gasteiger partial charge in [0.15, 0.2) is 0 Å². The first-order valence-corrected chi connectivity index (χ1v) is 6.34. The van der Waals surface area contributed by atoms with E-state index in [-0.39, 0.29) is 20.2 Å². The summed E-state index contributed by atoms with van der Waals surface area (Å²) >= 11 is 5.83. The predicted molar refractivity (Wildman–Crippen MR) is 58.6 cm³/mol. The molecule has 3 nitrogen and oxygen atoms in total. The predicted octanol–water partition coefficient (Wildman–Crippen LogP) is 2.16. The molecule has 0 atom stereocenters. The zero-order valence-electron chi connectivity index (χ0n) is 7.48. The van der Waals surface area contributed by atoms with E-state index in [0.29, 0.717) is 5.02 Å². The number of aromatic nitrogens is 1. The number of nitrogens with zero attached hydrogens (tertiary/aromatic N) is 1. The first-order chi connectivity index (χ1) is 7.16. The Bertz CT molecular complexity index is 510. The van der Waals surface area contributed by atoms with E-state index in [1.165, 1.54) is 0 Å². The van der Waals surface area contributed by atoms with Crippen LogP contribution in [0.5, 0.6) is 0 Å². The number of aromatic carboxylic acids is 1. The van der Waals surface area contributed by atoms with Crippen LogP contribution in [0, 0.1) is 0 Å². The van der Waals surface area contributed by atoms with Crippen LogP contribution in [0.25, 0.3) is 10.1 Å². The Morgan fingerprint density at radius 2 is 2.27 bits per heavy atom. The van der Waals surface area contributed by atoms with E-state index in [1.807, 2.05) is 12.1 Å². The molecule has 1 heterocycles. The van der Waals surface area contributed by atoms with Gasteiger partial charge in [-0.15, -0.1) is 0 Å². The molecule has 0 unspecified atom stereocenters. The fraction of sp³-hybridized carbons (Fsp3) is 0. The van der Waals surface area contributed by atoms with Gasteiger partial charge < -0.3 is 0 Å². The average Bonchev–Trinajstić information content (AvgIpc) is 2.66. The van der Waals surface area contributed by atoms with E-state index >= 15 is 0 Å². The summed E-state index contributed by atoms with van der Waals surface area (Å²) in [7, 11) is 0. The van der Waals surface area contributed by atoms with E-state index in [4.69, 9.17) is 16.7 Å². The molecule has 15 heavy (non-hydrogen) atoms. The van der Waals surface area contributed by atoms with Crippen molar-refractivity contribution in [3.8, 4) is 10.1 Å². The third-order valence-corrected chi connectivity index (χ3v) is 3.90. The normalized spacial score (nSPS) is 10.2. The second-order valence-corrected chi connectivity index (χ2v) is 5.09. The fourth-order valence-corrected chi connectivity index (χ4v) is 2.98. The summed E-state index contributed by atoms with van der Waals surface area (Å²) in [6.45, 7) is 0. The Morgan fingerprint density at radius 1 is 1.47 bits per heavy atom. The van der Waals surface area contributed by atoms with Crippen LogP contribution in [-0.2, 0) is 0 Å². The summed E-state index contributed by atoms with van der Waals surface area (Å²) in [5.74, 6) is -0.978. The number of carbonyl (C=O) groups is 1. The Hall–Kier alpha value is -1.09. The van der Waals surface area contributed by atoms with Gasteiger partial charge >= 0.3 is 97.0 Å². The van der Waals surface area contributed by atoms with Gasteiger partial charge in [0.1, 0.15) is 0 Å². The molecule has 76 valence electrons. The monoisotopic (exact) mass is 287 g/mol. The summed E-state index contributed by atoms with van der Waals surface area (Å²) in [6, 6.07) is 7.28. The van der Waals surface area contributed by atoms with E-state index < -0.39 is 5.97 Å². The molecule has 0 fully saturated rings. The van der Waals surface area contributed by atoms with Gasteiger partial charge in [0.05, 0.1) is 0 Å². The molecule has 0 amide bonds. The number of halogens is 1.